The van der Waals surface area contributed by atoms with Crippen LogP contribution in [0.4, 0.5) is 5.69 Å². The van der Waals surface area contributed by atoms with E-state index in [0.717, 1.165) is 12.8 Å². The van der Waals surface area contributed by atoms with Crippen molar-refractivity contribution in [2.45, 2.75) is 19.8 Å². The molecule has 0 atom stereocenters. The van der Waals surface area contributed by atoms with Crippen LogP contribution in [0.2, 0.25) is 0 Å². The first-order valence-corrected chi connectivity index (χ1v) is 14.1. The zero-order valence-corrected chi connectivity index (χ0v) is 24.5. The third-order valence-electron chi connectivity index (χ3n) is 6.54. The van der Waals surface area contributed by atoms with Crippen LogP contribution in [0, 0.1) is 0 Å². The highest BCUT2D eigenvalue weighted by atomic mass is 16.6. The standard InChI is InChI=1S/C32H34N4O8/c1-3-4-17-43-24-12-10-23(11-13-24)32(40)44-27-14-9-22(20-28(27)41-2)21-33-35-30(38)29(37)34-26-8-6-5-7-25(26)31(39)36-15-18-42-19-16-36/h5-14,20-21H,3-4,15-19H2,1-2H3,(H,34,37)(H,35,38)/b33-21+. The van der Waals surface area contributed by atoms with Crippen LogP contribution in [0.15, 0.2) is 71.8 Å². The van der Waals surface area contributed by atoms with Crippen LogP contribution >= 0.6 is 0 Å². The Labute approximate surface area is 254 Å². The van der Waals surface area contributed by atoms with E-state index in [1.54, 1.807) is 65.6 Å². The lowest BCUT2D eigenvalue weighted by atomic mass is 10.1. The maximum atomic E-state index is 12.9. The molecule has 0 aromatic heterocycles. The molecule has 0 bridgehead atoms. The van der Waals surface area contributed by atoms with Crippen molar-refractivity contribution in [2.75, 3.05) is 45.3 Å². The number of nitrogens with zero attached hydrogens (tertiary/aromatic N) is 2. The van der Waals surface area contributed by atoms with Crippen molar-refractivity contribution in [1.82, 2.24) is 10.3 Å². The zero-order chi connectivity index (χ0) is 31.3. The van der Waals surface area contributed by atoms with Gasteiger partial charge in [0.2, 0.25) is 0 Å². The van der Waals surface area contributed by atoms with Crippen LogP contribution in [-0.2, 0) is 14.3 Å². The Balaban J connectivity index is 1.32. The minimum Gasteiger partial charge on any atom is -0.494 e. The van der Waals surface area contributed by atoms with E-state index in [2.05, 4.69) is 22.8 Å². The Hall–Kier alpha value is -5.23. The Morgan fingerprint density at radius 3 is 2.43 bits per heavy atom. The molecule has 4 rings (SSSR count). The summed E-state index contributed by atoms with van der Waals surface area (Å²) >= 11 is 0. The summed E-state index contributed by atoms with van der Waals surface area (Å²) in [5.74, 6) is -1.75. The predicted octanol–water partition coefficient (Wildman–Crippen LogP) is 3.65. The van der Waals surface area contributed by atoms with Crippen molar-refractivity contribution in [2.24, 2.45) is 5.10 Å². The van der Waals surface area contributed by atoms with Gasteiger partial charge in [-0.2, -0.15) is 5.10 Å². The number of hydrogen-bond acceptors (Lipinski definition) is 9. The highest BCUT2D eigenvalue weighted by molar-refractivity contribution is 6.40. The van der Waals surface area contributed by atoms with Gasteiger partial charge in [0.15, 0.2) is 11.5 Å². The topological polar surface area (TPSA) is 145 Å². The van der Waals surface area contributed by atoms with Crippen molar-refractivity contribution in [3.05, 3.63) is 83.4 Å². The fourth-order valence-electron chi connectivity index (χ4n) is 4.14. The molecule has 3 aromatic carbocycles. The molecule has 0 spiro atoms. The van der Waals surface area contributed by atoms with E-state index >= 15 is 0 Å². The third-order valence-corrected chi connectivity index (χ3v) is 6.54. The van der Waals surface area contributed by atoms with E-state index in [1.807, 2.05) is 0 Å². The molecular formula is C32H34N4O8. The Kier molecular flexibility index (Phi) is 11.4. The number of anilines is 1. The first-order valence-electron chi connectivity index (χ1n) is 14.1. The highest BCUT2D eigenvalue weighted by Crippen LogP contribution is 2.28. The minimum absolute atomic E-state index is 0.187. The van der Waals surface area contributed by atoms with Crippen LogP contribution < -0.4 is 25.0 Å². The average Bonchev–Trinajstić information content (AvgIpc) is 3.06. The number of carbonyl (C=O) groups excluding carboxylic acids is 4. The van der Waals surface area contributed by atoms with Gasteiger partial charge in [-0.1, -0.05) is 25.5 Å². The van der Waals surface area contributed by atoms with Gasteiger partial charge in [0.1, 0.15) is 5.75 Å². The van der Waals surface area contributed by atoms with Gasteiger partial charge in [0.25, 0.3) is 5.91 Å². The van der Waals surface area contributed by atoms with Crippen LogP contribution in [0.25, 0.3) is 0 Å². The number of amides is 3. The number of rotatable bonds is 11. The molecule has 1 fully saturated rings. The van der Waals surface area contributed by atoms with E-state index in [0.29, 0.717) is 49.8 Å². The number of hydrazone groups is 1. The van der Waals surface area contributed by atoms with Gasteiger partial charge in [-0.15, -0.1) is 0 Å². The molecule has 0 saturated carbocycles. The lowest BCUT2D eigenvalue weighted by Crippen LogP contribution is -2.41. The number of benzene rings is 3. The summed E-state index contributed by atoms with van der Waals surface area (Å²) in [6.07, 6.45) is 3.27. The molecule has 0 aliphatic carbocycles. The lowest BCUT2D eigenvalue weighted by Gasteiger charge is -2.27. The fourth-order valence-corrected chi connectivity index (χ4v) is 4.14. The maximum Gasteiger partial charge on any atom is 0.343 e. The highest BCUT2D eigenvalue weighted by Gasteiger charge is 2.23. The molecule has 1 heterocycles. The monoisotopic (exact) mass is 602 g/mol. The minimum atomic E-state index is -1.03. The van der Waals surface area contributed by atoms with E-state index in [-0.39, 0.29) is 28.7 Å². The van der Waals surface area contributed by atoms with E-state index in [9.17, 15) is 19.2 Å². The number of hydrogen-bond donors (Lipinski definition) is 2. The molecule has 3 amide bonds. The van der Waals surface area contributed by atoms with Gasteiger partial charge < -0.3 is 29.2 Å². The van der Waals surface area contributed by atoms with Gasteiger partial charge in [0, 0.05) is 13.1 Å². The second-order valence-electron chi connectivity index (χ2n) is 9.63. The molecule has 1 aliphatic heterocycles. The number of unbranched alkanes of at least 4 members (excludes halogenated alkanes) is 1. The summed E-state index contributed by atoms with van der Waals surface area (Å²) in [6.45, 7) is 4.43. The Morgan fingerprint density at radius 1 is 0.955 bits per heavy atom. The average molecular weight is 603 g/mol. The summed E-state index contributed by atoms with van der Waals surface area (Å²) in [5, 5.41) is 6.31. The van der Waals surface area contributed by atoms with Gasteiger partial charge in [-0.3, -0.25) is 14.4 Å². The molecule has 2 N–H and O–H groups in total. The fraction of sp³-hybridized carbons (Fsp3) is 0.281. The van der Waals surface area contributed by atoms with Gasteiger partial charge in [0.05, 0.1) is 50.0 Å². The molecule has 44 heavy (non-hydrogen) atoms. The number of methoxy groups -OCH3 is 1. The van der Waals surface area contributed by atoms with Gasteiger partial charge in [-0.25, -0.2) is 10.2 Å². The number of nitrogens with one attached hydrogen (secondary N) is 2. The molecule has 0 unspecified atom stereocenters. The van der Waals surface area contributed by atoms with Crippen molar-refractivity contribution < 1.29 is 38.1 Å². The zero-order valence-electron chi connectivity index (χ0n) is 24.5. The summed E-state index contributed by atoms with van der Waals surface area (Å²) < 4.78 is 21.8. The number of carbonyl (C=O) groups is 4. The van der Waals surface area contributed by atoms with Crippen LogP contribution in [0.5, 0.6) is 17.2 Å². The van der Waals surface area contributed by atoms with E-state index in [1.165, 1.54) is 19.4 Å². The first-order chi connectivity index (χ1) is 21.4. The molecule has 0 radical (unpaired) electrons. The number of esters is 1. The molecule has 12 heteroatoms. The van der Waals surface area contributed by atoms with E-state index < -0.39 is 17.8 Å². The smallest absolute Gasteiger partial charge is 0.343 e. The van der Waals surface area contributed by atoms with Crippen molar-refractivity contribution in [3.63, 3.8) is 0 Å². The summed E-state index contributed by atoms with van der Waals surface area (Å²) in [5.41, 5.74) is 3.47. The first kappa shape index (κ1) is 31.7. The van der Waals surface area contributed by atoms with Crippen molar-refractivity contribution in [1.29, 1.82) is 0 Å². The SMILES string of the molecule is CCCCOc1ccc(C(=O)Oc2ccc(/C=N/NC(=O)C(=O)Nc3ccccc3C(=O)N3CCOCC3)cc2OC)cc1. The maximum absolute atomic E-state index is 12.9. The lowest BCUT2D eigenvalue weighted by molar-refractivity contribution is -0.136. The summed E-state index contributed by atoms with van der Waals surface area (Å²) in [7, 11) is 1.42. The van der Waals surface area contributed by atoms with Crippen molar-refractivity contribution in [3.8, 4) is 17.2 Å². The predicted molar refractivity (Wildman–Crippen MR) is 162 cm³/mol. The molecule has 3 aromatic rings. The second kappa shape index (κ2) is 15.8. The third kappa shape index (κ3) is 8.65. The number of morpholine rings is 1. The molecule has 1 aliphatic rings. The Bertz CT molecular complexity index is 1500. The van der Waals surface area contributed by atoms with Crippen LogP contribution in [0.3, 0.4) is 0 Å². The van der Waals surface area contributed by atoms with Gasteiger partial charge in [-0.05, 0) is 66.6 Å². The molecular weight excluding hydrogens is 568 g/mol. The summed E-state index contributed by atoms with van der Waals surface area (Å²) in [4.78, 5) is 52.1. The molecule has 12 nitrogen and oxygen atoms in total. The molecule has 230 valence electrons. The second-order valence-corrected chi connectivity index (χ2v) is 9.63. The summed E-state index contributed by atoms with van der Waals surface area (Å²) in [6, 6.07) is 17.8. The van der Waals surface area contributed by atoms with Gasteiger partial charge >= 0.3 is 17.8 Å². The normalized spacial score (nSPS) is 12.8. The number of para-hydroxylation sites is 1. The number of ether oxygens (including phenoxy) is 4. The van der Waals surface area contributed by atoms with Crippen LogP contribution in [-0.4, -0.2) is 74.8 Å². The van der Waals surface area contributed by atoms with Crippen LogP contribution in [0.1, 0.15) is 46.0 Å². The quantitative estimate of drug-likeness (QED) is 0.0845. The Morgan fingerprint density at radius 2 is 1.70 bits per heavy atom. The largest absolute Gasteiger partial charge is 0.494 e. The molecule has 1 saturated heterocycles. The van der Waals surface area contributed by atoms with E-state index in [4.69, 9.17) is 18.9 Å². The van der Waals surface area contributed by atoms with Crippen molar-refractivity contribution >= 4 is 35.6 Å².